The van der Waals surface area contributed by atoms with Crippen LogP contribution >= 0.6 is 0 Å². The lowest BCUT2D eigenvalue weighted by Gasteiger charge is -2.41. The van der Waals surface area contributed by atoms with E-state index in [0.717, 1.165) is 12.1 Å². The Bertz CT molecular complexity index is 1590. The van der Waals surface area contributed by atoms with Crippen molar-refractivity contribution in [1.82, 2.24) is 14.9 Å². The fourth-order valence-electron chi connectivity index (χ4n) is 6.59. The van der Waals surface area contributed by atoms with Gasteiger partial charge in [0.2, 0.25) is 17.7 Å². The first kappa shape index (κ1) is 24.3. The second-order valence-corrected chi connectivity index (χ2v) is 10.5. The number of imide groups is 1. The van der Waals surface area contributed by atoms with Gasteiger partial charge in [-0.3, -0.25) is 29.1 Å². The van der Waals surface area contributed by atoms with Crippen LogP contribution in [0.4, 0.5) is 18.9 Å². The maximum atomic E-state index is 14.0. The van der Waals surface area contributed by atoms with E-state index in [0.29, 0.717) is 24.8 Å². The van der Waals surface area contributed by atoms with Crippen LogP contribution in [-0.4, -0.2) is 27.3 Å². The first-order valence-electron chi connectivity index (χ1n) is 12.4. The number of fused-ring (bicyclic) bond motifs is 2. The minimum absolute atomic E-state index is 0.0776. The molecule has 11 heteroatoms. The summed E-state index contributed by atoms with van der Waals surface area (Å²) in [5.41, 5.74) is -0.593. The number of anilines is 1. The van der Waals surface area contributed by atoms with E-state index >= 15 is 0 Å². The fourth-order valence-corrected chi connectivity index (χ4v) is 6.59. The van der Waals surface area contributed by atoms with E-state index in [-0.39, 0.29) is 41.2 Å². The predicted molar refractivity (Wildman–Crippen MR) is 130 cm³/mol. The molecular weight excluding hydrogens is 501 g/mol. The van der Waals surface area contributed by atoms with Gasteiger partial charge in [0.15, 0.2) is 17.5 Å². The highest BCUT2D eigenvalue weighted by atomic mass is 19.2. The Balaban J connectivity index is 1.37. The van der Waals surface area contributed by atoms with E-state index in [1.807, 2.05) is 0 Å². The zero-order chi connectivity index (χ0) is 26.9. The highest BCUT2D eigenvalue weighted by molar-refractivity contribution is 6.03. The number of carbonyl (C=O) groups excluding carboxylic acids is 3. The average molecular weight is 524 g/mol. The molecule has 2 bridgehead atoms. The van der Waals surface area contributed by atoms with Gasteiger partial charge in [-0.2, -0.15) is 0 Å². The number of nitrogens with zero attached hydrogens (tertiary/aromatic N) is 2. The largest absolute Gasteiger partial charge is 0.325 e. The van der Waals surface area contributed by atoms with Crippen molar-refractivity contribution in [2.75, 3.05) is 5.32 Å². The third-order valence-corrected chi connectivity index (χ3v) is 8.30. The third kappa shape index (κ3) is 3.55. The zero-order valence-corrected chi connectivity index (χ0v) is 20.3. The van der Waals surface area contributed by atoms with E-state index in [1.165, 1.54) is 4.57 Å². The summed E-state index contributed by atoms with van der Waals surface area (Å²) in [6.45, 7) is 1.59. The third-order valence-electron chi connectivity index (χ3n) is 8.30. The number of amides is 3. The minimum Gasteiger partial charge on any atom is -0.325 e. The number of halogens is 3. The molecule has 7 rings (SSSR count). The first-order chi connectivity index (χ1) is 18.1. The minimum atomic E-state index is -1.55. The molecule has 2 heterocycles. The highest BCUT2D eigenvalue weighted by Crippen LogP contribution is 2.63. The molecule has 2 aromatic carbocycles. The van der Waals surface area contributed by atoms with Gasteiger partial charge in [0.1, 0.15) is 11.9 Å². The predicted octanol–water partition coefficient (Wildman–Crippen LogP) is 3.41. The summed E-state index contributed by atoms with van der Waals surface area (Å²) < 4.78 is 42.9. The molecule has 2 N–H and O–H groups in total. The summed E-state index contributed by atoms with van der Waals surface area (Å²) in [6.07, 6.45) is 1.82. The number of piperidine rings is 1. The van der Waals surface area contributed by atoms with Crippen molar-refractivity contribution in [3.63, 3.8) is 0 Å². The summed E-state index contributed by atoms with van der Waals surface area (Å²) in [5, 5.41) is 5.17. The lowest BCUT2D eigenvalue weighted by atomic mass is 9.62. The molecule has 3 aromatic rings. The fraction of sp³-hybridized carbons (Fsp3) is 0.370. The summed E-state index contributed by atoms with van der Waals surface area (Å²) in [4.78, 5) is 55.8. The number of aromatic nitrogens is 2. The van der Waals surface area contributed by atoms with Crippen molar-refractivity contribution < 1.29 is 27.6 Å². The van der Waals surface area contributed by atoms with Gasteiger partial charge < -0.3 is 5.32 Å². The molecule has 0 spiro atoms. The van der Waals surface area contributed by atoms with Gasteiger partial charge in [0.05, 0.1) is 16.6 Å². The smallest absolute Gasteiger partial charge is 0.264 e. The standard InChI is InChI=1S/C27H23F3N4O4/c1-12-31-18-3-2-4-19(22(18)26(38)34(12)20-5-6-21(35)33-25(20)37)32-24(36)15-7-13-10-27(15,11-13)14-8-16(28)23(30)17(29)9-14/h2-4,8-9,13,15,20H,5-7,10-11H2,1H3,(H,32,36)(H,33,35,37). The maximum absolute atomic E-state index is 14.0. The molecule has 8 nitrogen and oxygen atoms in total. The zero-order valence-electron chi connectivity index (χ0n) is 20.3. The monoisotopic (exact) mass is 524 g/mol. The van der Waals surface area contributed by atoms with Crippen LogP contribution in [0.25, 0.3) is 10.9 Å². The molecule has 3 aliphatic carbocycles. The molecule has 3 saturated carbocycles. The van der Waals surface area contributed by atoms with E-state index in [2.05, 4.69) is 15.6 Å². The van der Waals surface area contributed by atoms with Crippen molar-refractivity contribution in [2.24, 2.45) is 11.8 Å². The van der Waals surface area contributed by atoms with Crippen molar-refractivity contribution in [2.45, 2.75) is 50.5 Å². The van der Waals surface area contributed by atoms with Gasteiger partial charge in [-0.15, -0.1) is 0 Å². The van der Waals surface area contributed by atoms with Crippen LogP contribution in [0.1, 0.15) is 49.5 Å². The summed E-state index contributed by atoms with van der Waals surface area (Å²) >= 11 is 0. The Kier molecular flexibility index (Phi) is 5.44. The number of benzene rings is 2. The van der Waals surface area contributed by atoms with Gasteiger partial charge in [-0.05, 0) is 68.4 Å². The Hall–Kier alpha value is -4.02. The molecule has 1 aliphatic heterocycles. The molecule has 196 valence electrons. The molecule has 3 amide bonds. The molecule has 1 saturated heterocycles. The Morgan fingerprint density at radius 3 is 2.53 bits per heavy atom. The molecule has 0 radical (unpaired) electrons. The second kappa shape index (κ2) is 8.50. The SMILES string of the molecule is Cc1nc2cccc(NC(=O)C3CC4CC3(c3cc(F)c(F)c(F)c3)C4)c2c(=O)n1C1CCC(=O)NC1=O. The molecule has 2 atom stereocenters. The number of hydrogen-bond donors (Lipinski definition) is 2. The second-order valence-electron chi connectivity index (χ2n) is 10.5. The van der Waals surface area contributed by atoms with Crippen molar-refractivity contribution in [3.8, 4) is 0 Å². The number of carbonyl (C=O) groups is 3. The molecule has 4 aliphatic rings. The van der Waals surface area contributed by atoms with Crippen molar-refractivity contribution in [3.05, 3.63) is 69.5 Å². The van der Waals surface area contributed by atoms with E-state index in [1.54, 1.807) is 25.1 Å². The van der Waals surface area contributed by atoms with Gasteiger partial charge in [-0.1, -0.05) is 6.07 Å². The van der Waals surface area contributed by atoms with Crippen molar-refractivity contribution >= 4 is 34.3 Å². The number of aryl methyl sites for hydroxylation is 1. The first-order valence-corrected chi connectivity index (χ1v) is 12.4. The lowest BCUT2D eigenvalue weighted by molar-refractivity contribution is -0.135. The van der Waals surface area contributed by atoms with Crippen LogP contribution in [-0.2, 0) is 19.8 Å². The maximum Gasteiger partial charge on any atom is 0.264 e. The average Bonchev–Trinajstić information content (AvgIpc) is 3.41. The quantitative estimate of drug-likeness (QED) is 0.402. The molecule has 2 unspecified atom stereocenters. The van der Waals surface area contributed by atoms with Crippen LogP contribution in [0.3, 0.4) is 0 Å². The van der Waals surface area contributed by atoms with Crippen LogP contribution < -0.4 is 16.2 Å². The van der Waals surface area contributed by atoms with E-state index < -0.39 is 58.1 Å². The highest BCUT2D eigenvalue weighted by Gasteiger charge is 2.60. The Morgan fingerprint density at radius 1 is 1.13 bits per heavy atom. The van der Waals surface area contributed by atoms with Crippen LogP contribution in [0.15, 0.2) is 35.1 Å². The van der Waals surface area contributed by atoms with Crippen LogP contribution in [0.5, 0.6) is 0 Å². The van der Waals surface area contributed by atoms with Crippen molar-refractivity contribution in [1.29, 1.82) is 0 Å². The number of nitrogens with one attached hydrogen (secondary N) is 2. The van der Waals surface area contributed by atoms with Gasteiger partial charge in [-0.25, -0.2) is 18.2 Å². The van der Waals surface area contributed by atoms with E-state index in [9.17, 15) is 32.3 Å². The van der Waals surface area contributed by atoms with Crippen LogP contribution in [0, 0.1) is 36.2 Å². The molecule has 38 heavy (non-hydrogen) atoms. The Labute approximate surface area is 214 Å². The summed E-state index contributed by atoms with van der Waals surface area (Å²) in [5.74, 6) is -5.73. The topological polar surface area (TPSA) is 110 Å². The lowest BCUT2D eigenvalue weighted by Crippen LogP contribution is -2.45. The van der Waals surface area contributed by atoms with Gasteiger partial charge in [0, 0.05) is 17.8 Å². The molecule has 1 aromatic heterocycles. The normalized spacial score (nSPS) is 26.3. The van der Waals surface area contributed by atoms with Gasteiger partial charge in [0.25, 0.3) is 5.56 Å². The van der Waals surface area contributed by atoms with E-state index in [4.69, 9.17) is 0 Å². The molecule has 4 fully saturated rings. The number of rotatable bonds is 4. The molecular formula is C27H23F3N4O4. The summed E-state index contributed by atoms with van der Waals surface area (Å²) in [7, 11) is 0. The Morgan fingerprint density at radius 2 is 1.84 bits per heavy atom. The number of hydrogen-bond acceptors (Lipinski definition) is 5. The van der Waals surface area contributed by atoms with Gasteiger partial charge >= 0.3 is 0 Å². The van der Waals surface area contributed by atoms with Crippen LogP contribution in [0.2, 0.25) is 0 Å². The summed E-state index contributed by atoms with van der Waals surface area (Å²) in [6, 6.07) is 5.81.